The summed E-state index contributed by atoms with van der Waals surface area (Å²) in [7, 11) is 0. The number of rotatable bonds is 4. The van der Waals surface area contributed by atoms with Crippen LogP contribution in [-0.4, -0.2) is 24.1 Å². The van der Waals surface area contributed by atoms with Crippen molar-refractivity contribution in [3.63, 3.8) is 0 Å². The predicted molar refractivity (Wildman–Crippen MR) is 119 cm³/mol. The fourth-order valence-corrected chi connectivity index (χ4v) is 4.46. The number of halogens is 3. The van der Waals surface area contributed by atoms with E-state index in [1.807, 2.05) is 42.0 Å². The van der Waals surface area contributed by atoms with Crippen LogP contribution >= 0.6 is 0 Å². The Morgan fingerprint density at radius 1 is 1.00 bits per heavy atom. The maximum absolute atomic E-state index is 14.2. The Balaban J connectivity index is 1.49. The van der Waals surface area contributed by atoms with E-state index in [4.69, 9.17) is 0 Å². The van der Waals surface area contributed by atoms with Gasteiger partial charge in [0.15, 0.2) is 5.65 Å². The normalized spacial score (nSPS) is 14.4. The Kier molecular flexibility index (Phi) is 4.33. The SMILES string of the molecule is Cc1cc(-n2ccc3cc(-c4ccn5c(CC6CC6)nnc5c4C(F)(F)F)ccc32)ccn1. The second-order valence-electron chi connectivity index (χ2n) is 8.67. The monoisotopic (exact) mass is 447 g/mol. The van der Waals surface area contributed by atoms with Gasteiger partial charge in [-0.15, -0.1) is 10.2 Å². The molecule has 8 heteroatoms. The molecule has 0 amide bonds. The van der Waals surface area contributed by atoms with Gasteiger partial charge in [-0.05, 0) is 73.2 Å². The zero-order valence-corrected chi connectivity index (χ0v) is 17.8. The standard InChI is InChI=1S/C25H20F3N5/c1-15-12-19(6-9-29-15)32-10-7-18-14-17(4-5-21(18)32)20-8-11-33-22(13-16-2-3-16)30-31-24(33)23(20)25(26,27)28/h4-12,14,16H,2-3,13H2,1H3. The molecule has 4 heterocycles. The molecule has 1 aliphatic carbocycles. The largest absolute Gasteiger partial charge is 0.420 e. The quantitative estimate of drug-likeness (QED) is 0.339. The summed E-state index contributed by atoms with van der Waals surface area (Å²) in [5, 5.41) is 8.88. The van der Waals surface area contributed by atoms with Crippen LogP contribution in [0.2, 0.25) is 0 Å². The fourth-order valence-electron chi connectivity index (χ4n) is 4.46. The third-order valence-corrected chi connectivity index (χ3v) is 6.26. The van der Waals surface area contributed by atoms with Crippen LogP contribution < -0.4 is 0 Å². The summed E-state index contributed by atoms with van der Waals surface area (Å²) in [6, 6.07) is 12.7. The van der Waals surface area contributed by atoms with Crippen molar-refractivity contribution in [2.24, 2.45) is 5.92 Å². The first-order valence-electron chi connectivity index (χ1n) is 10.9. The van der Waals surface area contributed by atoms with E-state index in [0.717, 1.165) is 35.1 Å². The Morgan fingerprint density at radius 3 is 2.61 bits per heavy atom. The molecule has 0 unspecified atom stereocenters. The number of benzene rings is 1. The maximum atomic E-state index is 14.2. The molecule has 0 aliphatic heterocycles. The zero-order valence-electron chi connectivity index (χ0n) is 17.8. The van der Waals surface area contributed by atoms with Crippen molar-refractivity contribution in [3.8, 4) is 16.8 Å². The fraction of sp³-hybridized carbons (Fsp3) is 0.240. The van der Waals surface area contributed by atoms with Crippen molar-refractivity contribution in [2.75, 3.05) is 0 Å². The zero-order chi connectivity index (χ0) is 22.7. The van der Waals surface area contributed by atoms with Crippen molar-refractivity contribution >= 4 is 16.6 Å². The number of hydrogen-bond acceptors (Lipinski definition) is 3. The first-order valence-corrected chi connectivity index (χ1v) is 10.9. The highest BCUT2D eigenvalue weighted by Crippen LogP contribution is 2.41. The first-order chi connectivity index (χ1) is 15.9. The number of aryl methyl sites for hydroxylation is 1. The van der Waals surface area contributed by atoms with Crippen molar-refractivity contribution in [2.45, 2.75) is 32.4 Å². The molecule has 33 heavy (non-hydrogen) atoms. The van der Waals surface area contributed by atoms with Gasteiger partial charge in [0.25, 0.3) is 0 Å². The minimum Gasteiger partial charge on any atom is -0.316 e. The van der Waals surface area contributed by atoms with E-state index in [1.54, 1.807) is 24.5 Å². The van der Waals surface area contributed by atoms with Crippen LogP contribution in [-0.2, 0) is 12.6 Å². The summed E-state index contributed by atoms with van der Waals surface area (Å²) < 4.78 is 46.2. The van der Waals surface area contributed by atoms with Crippen LogP contribution in [0.15, 0.2) is 61.1 Å². The molecule has 0 saturated heterocycles. The molecule has 4 aromatic heterocycles. The van der Waals surface area contributed by atoms with Crippen LogP contribution in [0.4, 0.5) is 13.2 Å². The van der Waals surface area contributed by atoms with E-state index in [0.29, 0.717) is 23.7 Å². The second-order valence-corrected chi connectivity index (χ2v) is 8.67. The first kappa shape index (κ1) is 20.0. The molecule has 5 nitrogen and oxygen atoms in total. The van der Waals surface area contributed by atoms with E-state index in [1.165, 1.54) is 10.5 Å². The molecule has 1 aliphatic rings. The third kappa shape index (κ3) is 3.46. The van der Waals surface area contributed by atoms with E-state index in [-0.39, 0.29) is 11.2 Å². The van der Waals surface area contributed by atoms with E-state index in [2.05, 4.69) is 15.2 Å². The summed E-state index contributed by atoms with van der Waals surface area (Å²) in [6.07, 6.45) is 3.61. The molecule has 5 aromatic rings. The minimum atomic E-state index is -4.56. The van der Waals surface area contributed by atoms with Gasteiger partial charge in [-0.1, -0.05) is 6.07 Å². The van der Waals surface area contributed by atoms with Gasteiger partial charge in [-0.25, -0.2) is 0 Å². The number of fused-ring (bicyclic) bond motifs is 2. The van der Waals surface area contributed by atoms with Crippen LogP contribution in [0, 0.1) is 12.8 Å². The third-order valence-electron chi connectivity index (χ3n) is 6.26. The minimum absolute atomic E-state index is 0.106. The molecule has 0 spiro atoms. The predicted octanol–water partition coefficient (Wildman–Crippen LogP) is 6.01. The van der Waals surface area contributed by atoms with Gasteiger partial charge in [-0.3, -0.25) is 9.38 Å². The Bertz CT molecular complexity index is 1510. The van der Waals surface area contributed by atoms with Gasteiger partial charge in [0.2, 0.25) is 0 Å². The number of aromatic nitrogens is 5. The van der Waals surface area contributed by atoms with E-state index in [9.17, 15) is 13.2 Å². The lowest BCUT2D eigenvalue weighted by Gasteiger charge is -2.15. The van der Waals surface area contributed by atoms with Crippen molar-refractivity contribution in [1.82, 2.24) is 24.1 Å². The highest BCUT2D eigenvalue weighted by molar-refractivity contribution is 5.88. The van der Waals surface area contributed by atoms with Crippen molar-refractivity contribution in [3.05, 3.63) is 78.1 Å². The molecule has 166 valence electrons. The van der Waals surface area contributed by atoms with Crippen LogP contribution in [0.25, 0.3) is 33.4 Å². The number of hydrogen-bond donors (Lipinski definition) is 0. The van der Waals surface area contributed by atoms with Crippen molar-refractivity contribution in [1.29, 1.82) is 0 Å². The van der Waals surface area contributed by atoms with Crippen molar-refractivity contribution < 1.29 is 13.2 Å². The summed E-state index contributed by atoms with van der Waals surface area (Å²) in [6.45, 7) is 1.92. The highest BCUT2D eigenvalue weighted by atomic mass is 19.4. The van der Waals surface area contributed by atoms with E-state index < -0.39 is 11.7 Å². The van der Waals surface area contributed by atoms with Gasteiger partial charge in [0.05, 0.1) is 5.52 Å². The van der Waals surface area contributed by atoms with Gasteiger partial charge in [0.1, 0.15) is 11.4 Å². The Hall–Kier alpha value is -3.68. The van der Waals surface area contributed by atoms with Gasteiger partial charge in [0, 0.05) is 41.8 Å². The summed E-state index contributed by atoms with van der Waals surface area (Å²) in [5.74, 6) is 1.09. The van der Waals surface area contributed by atoms with Gasteiger partial charge in [-0.2, -0.15) is 13.2 Å². The molecule has 1 aromatic carbocycles. The summed E-state index contributed by atoms with van der Waals surface area (Å²) >= 11 is 0. The molecule has 0 radical (unpaired) electrons. The average Bonchev–Trinajstić information content (AvgIpc) is 3.35. The molecule has 1 saturated carbocycles. The smallest absolute Gasteiger partial charge is 0.316 e. The number of alkyl halides is 3. The molecule has 6 rings (SSSR count). The number of pyridine rings is 2. The van der Waals surface area contributed by atoms with Gasteiger partial charge >= 0.3 is 6.18 Å². The highest BCUT2D eigenvalue weighted by Gasteiger charge is 2.38. The van der Waals surface area contributed by atoms with Crippen LogP contribution in [0.3, 0.4) is 0 Å². The molecular formula is C25H20F3N5. The average molecular weight is 447 g/mol. The molecule has 0 atom stereocenters. The van der Waals surface area contributed by atoms with Crippen LogP contribution in [0.5, 0.6) is 0 Å². The lowest BCUT2D eigenvalue weighted by atomic mass is 9.99. The van der Waals surface area contributed by atoms with E-state index >= 15 is 0 Å². The lowest BCUT2D eigenvalue weighted by molar-refractivity contribution is -0.136. The maximum Gasteiger partial charge on any atom is 0.420 e. The molecule has 0 N–H and O–H groups in total. The number of nitrogens with zero attached hydrogens (tertiary/aromatic N) is 5. The summed E-state index contributed by atoms with van der Waals surface area (Å²) in [5.41, 5.74) is 2.47. The molecular weight excluding hydrogens is 427 g/mol. The lowest BCUT2D eigenvalue weighted by Crippen LogP contribution is -2.11. The summed E-state index contributed by atoms with van der Waals surface area (Å²) in [4.78, 5) is 4.23. The molecule has 0 bridgehead atoms. The topological polar surface area (TPSA) is 48.0 Å². The second kappa shape index (κ2) is 7.16. The molecule has 1 fully saturated rings. The van der Waals surface area contributed by atoms with Gasteiger partial charge < -0.3 is 4.57 Å². The van der Waals surface area contributed by atoms with Crippen LogP contribution in [0.1, 0.15) is 29.9 Å². The Labute approximate surface area is 187 Å². The Morgan fingerprint density at radius 2 is 1.85 bits per heavy atom.